The lowest BCUT2D eigenvalue weighted by atomic mass is 10.1. The van der Waals surface area contributed by atoms with Gasteiger partial charge < -0.3 is 9.47 Å². The molecule has 17 heavy (non-hydrogen) atoms. The number of ether oxygens (including phenoxy) is 2. The van der Waals surface area contributed by atoms with Crippen LogP contribution in [0.4, 0.5) is 13.2 Å². The van der Waals surface area contributed by atoms with E-state index in [0.29, 0.717) is 5.56 Å². The first kappa shape index (κ1) is 13.3. The van der Waals surface area contributed by atoms with Crippen molar-refractivity contribution in [2.75, 3.05) is 14.2 Å². The summed E-state index contributed by atoms with van der Waals surface area (Å²) in [6.45, 7) is 1.66. The molecule has 0 unspecified atom stereocenters. The molecule has 1 aromatic carbocycles. The number of benzene rings is 1. The van der Waals surface area contributed by atoms with Gasteiger partial charge in [-0.2, -0.15) is 13.2 Å². The van der Waals surface area contributed by atoms with E-state index in [0.717, 1.165) is 0 Å². The van der Waals surface area contributed by atoms with Gasteiger partial charge >= 0.3 is 6.18 Å². The molecule has 1 rings (SSSR count). The lowest BCUT2D eigenvalue weighted by Crippen LogP contribution is -2.24. The van der Waals surface area contributed by atoms with E-state index in [1.165, 1.54) is 26.4 Å². The Morgan fingerprint density at radius 1 is 1.12 bits per heavy atom. The zero-order valence-corrected chi connectivity index (χ0v) is 9.51. The number of carbonyl (C=O) groups excluding carboxylic acids is 1. The average Bonchev–Trinajstić information content (AvgIpc) is 2.25. The highest BCUT2D eigenvalue weighted by atomic mass is 19.4. The lowest BCUT2D eigenvalue weighted by molar-refractivity contribution is -0.0887. The Labute approximate surface area is 96.1 Å². The number of rotatable bonds is 3. The molecule has 0 spiro atoms. The number of halogens is 3. The van der Waals surface area contributed by atoms with E-state index < -0.39 is 17.5 Å². The monoisotopic (exact) mass is 248 g/mol. The van der Waals surface area contributed by atoms with Gasteiger partial charge in [-0.3, -0.25) is 4.79 Å². The Morgan fingerprint density at radius 3 is 1.82 bits per heavy atom. The summed E-state index contributed by atoms with van der Waals surface area (Å²) in [5.41, 5.74) is 0.0329. The highest BCUT2D eigenvalue weighted by Crippen LogP contribution is 2.35. The van der Waals surface area contributed by atoms with Crippen molar-refractivity contribution in [1.29, 1.82) is 0 Å². The van der Waals surface area contributed by atoms with Crippen molar-refractivity contribution in [3.63, 3.8) is 0 Å². The molecule has 0 N–H and O–H groups in total. The van der Waals surface area contributed by atoms with Crippen molar-refractivity contribution in [2.45, 2.75) is 13.1 Å². The minimum Gasteiger partial charge on any atom is -0.496 e. The molecule has 0 aromatic heterocycles. The highest BCUT2D eigenvalue weighted by Gasteiger charge is 2.42. The fourth-order valence-corrected chi connectivity index (χ4v) is 1.41. The predicted molar refractivity (Wildman–Crippen MR) is 54.7 cm³/mol. The molecule has 0 saturated carbocycles. The number of methoxy groups -OCH3 is 2. The van der Waals surface area contributed by atoms with Crippen molar-refractivity contribution in [3.05, 3.63) is 23.3 Å². The zero-order chi connectivity index (χ0) is 13.2. The third kappa shape index (κ3) is 2.69. The van der Waals surface area contributed by atoms with Crippen molar-refractivity contribution in [1.82, 2.24) is 0 Å². The number of hydrogen-bond acceptors (Lipinski definition) is 3. The van der Waals surface area contributed by atoms with Crippen LogP contribution >= 0.6 is 0 Å². The van der Waals surface area contributed by atoms with Crippen molar-refractivity contribution in [2.24, 2.45) is 0 Å². The predicted octanol–water partition coefficient (Wildman–Crippen LogP) is 2.76. The van der Waals surface area contributed by atoms with Crippen LogP contribution in [0.15, 0.2) is 12.1 Å². The van der Waals surface area contributed by atoms with E-state index in [-0.39, 0.29) is 11.5 Å². The van der Waals surface area contributed by atoms with Crippen LogP contribution in [0.3, 0.4) is 0 Å². The fourth-order valence-electron chi connectivity index (χ4n) is 1.41. The second-order valence-corrected chi connectivity index (χ2v) is 3.37. The van der Waals surface area contributed by atoms with Gasteiger partial charge in [0.2, 0.25) is 0 Å². The molecule has 0 aliphatic carbocycles. The molecule has 0 bridgehead atoms. The first-order valence-electron chi connectivity index (χ1n) is 4.65. The molecule has 94 valence electrons. The van der Waals surface area contributed by atoms with Gasteiger partial charge in [-0.25, -0.2) is 0 Å². The van der Waals surface area contributed by atoms with Gasteiger partial charge in [-0.05, 0) is 24.6 Å². The molecule has 3 nitrogen and oxygen atoms in total. The van der Waals surface area contributed by atoms with E-state index >= 15 is 0 Å². The minimum atomic E-state index is -4.96. The van der Waals surface area contributed by atoms with Crippen LogP contribution < -0.4 is 9.47 Å². The van der Waals surface area contributed by atoms with E-state index in [4.69, 9.17) is 9.47 Å². The summed E-state index contributed by atoms with van der Waals surface area (Å²) in [4.78, 5) is 11.3. The summed E-state index contributed by atoms with van der Waals surface area (Å²) < 4.78 is 46.8. The maximum atomic E-state index is 12.4. The van der Waals surface area contributed by atoms with Crippen LogP contribution in [0.25, 0.3) is 0 Å². The van der Waals surface area contributed by atoms with Gasteiger partial charge in [0.1, 0.15) is 17.1 Å². The summed E-state index contributed by atoms with van der Waals surface area (Å²) in [6, 6.07) is 2.70. The number of ketones is 1. The first-order valence-corrected chi connectivity index (χ1v) is 4.65. The minimum absolute atomic E-state index is 0.149. The van der Waals surface area contributed by atoms with Gasteiger partial charge in [0, 0.05) is 0 Å². The summed E-state index contributed by atoms with van der Waals surface area (Å²) in [6.07, 6.45) is -4.96. The Hall–Kier alpha value is -1.72. The fraction of sp³-hybridized carbons (Fsp3) is 0.364. The lowest BCUT2D eigenvalue weighted by Gasteiger charge is -2.14. The number of carbonyl (C=O) groups is 1. The molecular weight excluding hydrogens is 237 g/mol. The Morgan fingerprint density at radius 2 is 1.53 bits per heavy atom. The van der Waals surface area contributed by atoms with Gasteiger partial charge in [-0.1, -0.05) is 0 Å². The zero-order valence-electron chi connectivity index (χ0n) is 9.51. The molecule has 0 atom stereocenters. The molecule has 0 radical (unpaired) electrons. The maximum absolute atomic E-state index is 12.4. The van der Waals surface area contributed by atoms with Gasteiger partial charge in [0.15, 0.2) is 0 Å². The van der Waals surface area contributed by atoms with E-state index in [1.54, 1.807) is 6.92 Å². The van der Waals surface area contributed by atoms with Gasteiger partial charge in [-0.15, -0.1) is 0 Å². The SMILES string of the molecule is COc1cc(C)cc(OC)c1C(=O)C(F)(F)F. The number of alkyl halides is 3. The third-order valence-corrected chi connectivity index (χ3v) is 2.13. The molecule has 0 heterocycles. The highest BCUT2D eigenvalue weighted by molar-refractivity contribution is 6.05. The van der Waals surface area contributed by atoms with Crippen LogP contribution in [0.1, 0.15) is 15.9 Å². The van der Waals surface area contributed by atoms with Gasteiger partial charge in [0.25, 0.3) is 5.78 Å². The molecule has 0 amide bonds. The number of aryl methyl sites for hydroxylation is 1. The van der Waals surface area contributed by atoms with E-state index in [9.17, 15) is 18.0 Å². The number of hydrogen-bond donors (Lipinski definition) is 0. The van der Waals surface area contributed by atoms with Crippen LogP contribution in [-0.4, -0.2) is 26.2 Å². The van der Waals surface area contributed by atoms with Crippen LogP contribution in [-0.2, 0) is 0 Å². The van der Waals surface area contributed by atoms with E-state index in [2.05, 4.69) is 0 Å². The summed E-state index contributed by atoms with van der Waals surface area (Å²) in [5.74, 6) is -2.28. The molecule has 6 heteroatoms. The molecule has 0 saturated heterocycles. The second kappa shape index (κ2) is 4.65. The van der Waals surface area contributed by atoms with Crippen LogP contribution in [0.2, 0.25) is 0 Å². The van der Waals surface area contributed by atoms with Crippen molar-refractivity contribution >= 4 is 5.78 Å². The Kier molecular flexibility index (Phi) is 3.65. The largest absolute Gasteiger partial charge is 0.496 e. The average molecular weight is 248 g/mol. The molecule has 0 aliphatic heterocycles. The van der Waals surface area contributed by atoms with E-state index in [1.807, 2.05) is 0 Å². The summed E-state index contributed by atoms with van der Waals surface area (Å²) in [7, 11) is 2.39. The third-order valence-electron chi connectivity index (χ3n) is 2.13. The first-order chi connectivity index (χ1) is 7.81. The standard InChI is InChI=1S/C11H11F3O3/c1-6-4-7(16-2)9(8(5-6)17-3)10(15)11(12,13)14/h4-5H,1-3H3. The normalized spacial score (nSPS) is 11.2. The Balaban J connectivity index is 3.44. The quantitative estimate of drug-likeness (QED) is 0.771. The smallest absolute Gasteiger partial charge is 0.455 e. The summed E-state index contributed by atoms with van der Waals surface area (Å²) in [5, 5.41) is 0. The van der Waals surface area contributed by atoms with Crippen molar-refractivity contribution < 1.29 is 27.4 Å². The summed E-state index contributed by atoms with van der Waals surface area (Å²) >= 11 is 0. The maximum Gasteiger partial charge on any atom is 0.455 e. The molecule has 1 aromatic rings. The molecular formula is C11H11F3O3. The molecule has 0 fully saturated rings. The van der Waals surface area contributed by atoms with Gasteiger partial charge in [0.05, 0.1) is 14.2 Å². The topological polar surface area (TPSA) is 35.5 Å². The Bertz CT molecular complexity index is 413. The number of Topliss-reactive ketones (excluding diaryl/α,β-unsaturated/α-hetero) is 1. The van der Waals surface area contributed by atoms with Crippen molar-refractivity contribution in [3.8, 4) is 11.5 Å². The van der Waals surface area contributed by atoms with Crippen LogP contribution in [0.5, 0.6) is 11.5 Å². The molecule has 0 aliphatic rings. The van der Waals surface area contributed by atoms with Crippen LogP contribution in [0, 0.1) is 6.92 Å². The second-order valence-electron chi connectivity index (χ2n) is 3.37.